The van der Waals surface area contributed by atoms with Crippen LogP contribution >= 0.6 is 0 Å². The fraction of sp³-hybridized carbons (Fsp3) is 0.240. The van der Waals surface area contributed by atoms with Gasteiger partial charge in [-0.3, -0.25) is 14.6 Å². The Labute approximate surface area is 181 Å². The number of nitrogens with one attached hydrogen (secondary N) is 1. The molecule has 2 heterocycles. The fourth-order valence-corrected chi connectivity index (χ4v) is 4.14. The van der Waals surface area contributed by atoms with Crippen molar-refractivity contribution >= 4 is 11.8 Å². The van der Waals surface area contributed by atoms with E-state index in [0.717, 1.165) is 22.6 Å². The number of hydrogen-bond donors (Lipinski definition) is 1. The normalized spacial score (nSPS) is 17.7. The van der Waals surface area contributed by atoms with Gasteiger partial charge in [0.15, 0.2) is 0 Å². The van der Waals surface area contributed by atoms with Crippen LogP contribution in [0.4, 0.5) is 0 Å². The van der Waals surface area contributed by atoms with E-state index in [1.807, 2.05) is 60.7 Å². The highest BCUT2D eigenvalue weighted by Gasteiger charge is 2.42. The summed E-state index contributed by atoms with van der Waals surface area (Å²) in [6, 6.07) is 20.2. The molecule has 0 saturated heterocycles. The zero-order valence-corrected chi connectivity index (χ0v) is 17.6. The topological polar surface area (TPSA) is 71.5 Å². The number of hydrogen-bond acceptors (Lipinski definition) is 4. The lowest BCUT2D eigenvalue weighted by atomic mass is 9.79. The maximum Gasteiger partial charge on any atom is 0.254 e. The number of fused-ring (bicyclic) bond motifs is 1. The summed E-state index contributed by atoms with van der Waals surface area (Å²) in [4.78, 5) is 32.4. The molecular weight excluding hydrogens is 390 g/mol. The third-order valence-corrected chi connectivity index (χ3v) is 5.73. The van der Waals surface area contributed by atoms with Gasteiger partial charge in [0.25, 0.3) is 5.91 Å². The molecule has 0 spiro atoms. The van der Waals surface area contributed by atoms with E-state index in [2.05, 4.69) is 10.3 Å². The number of rotatable bonds is 6. The summed E-state index contributed by atoms with van der Waals surface area (Å²) in [5.41, 5.74) is 3.13. The van der Waals surface area contributed by atoms with Crippen LogP contribution < -0.4 is 10.1 Å². The van der Waals surface area contributed by atoms with Gasteiger partial charge in [0, 0.05) is 37.5 Å². The van der Waals surface area contributed by atoms with Crippen LogP contribution in [0.5, 0.6) is 5.75 Å². The summed E-state index contributed by atoms with van der Waals surface area (Å²) in [6.45, 7) is 0.474. The van der Waals surface area contributed by atoms with E-state index in [1.165, 1.54) is 0 Å². The number of benzene rings is 2. The van der Waals surface area contributed by atoms with Gasteiger partial charge in [-0.05, 0) is 41.5 Å². The summed E-state index contributed by atoms with van der Waals surface area (Å²) >= 11 is 0. The number of methoxy groups -OCH3 is 1. The Hall–Kier alpha value is -3.67. The van der Waals surface area contributed by atoms with Crippen molar-refractivity contribution in [3.63, 3.8) is 0 Å². The molecule has 0 radical (unpaired) electrons. The smallest absolute Gasteiger partial charge is 0.254 e. The molecule has 2 unspecified atom stereocenters. The predicted octanol–water partition coefficient (Wildman–Crippen LogP) is 3.36. The molecular formula is C25H25N3O3. The van der Waals surface area contributed by atoms with Crippen LogP contribution in [-0.4, -0.2) is 42.4 Å². The lowest BCUT2D eigenvalue weighted by Crippen LogP contribution is -2.46. The van der Waals surface area contributed by atoms with Gasteiger partial charge in [-0.15, -0.1) is 0 Å². The largest absolute Gasteiger partial charge is 0.497 e. The number of amides is 2. The van der Waals surface area contributed by atoms with Gasteiger partial charge in [-0.1, -0.05) is 36.4 Å². The molecule has 4 rings (SSSR count). The van der Waals surface area contributed by atoms with Gasteiger partial charge in [0.1, 0.15) is 5.75 Å². The first-order chi connectivity index (χ1) is 15.1. The van der Waals surface area contributed by atoms with Gasteiger partial charge >= 0.3 is 0 Å². The summed E-state index contributed by atoms with van der Waals surface area (Å²) in [5, 5.41) is 3.06. The van der Waals surface area contributed by atoms with E-state index < -0.39 is 12.0 Å². The van der Waals surface area contributed by atoms with Crippen molar-refractivity contribution < 1.29 is 14.3 Å². The Morgan fingerprint density at radius 1 is 1.06 bits per heavy atom. The van der Waals surface area contributed by atoms with Crippen LogP contribution in [0.3, 0.4) is 0 Å². The third-order valence-electron chi connectivity index (χ3n) is 5.73. The Morgan fingerprint density at radius 3 is 2.52 bits per heavy atom. The van der Waals surface area contributed by atoms with Crippen LogP contribution in [-0.2, 0) is 11.2 Å². The van der Waals surface area contributed by atoms with E-state index in [0.29, 0.717) is 18.5 Å². The minimum absolute atomic E-state index is 0.0889. The third kappa shape index (κ3) is 4.14. The van der Waals surface area contributed by atoms with Crippen molar-refractivity contribution in [3.05, 3.63) is 95.3 Å². The first-order valence-corrected chi connectivity index (χ1v) is 10.3. The van der Waals surface area contributed by atoms with Gasteiger partial charge in [0.2, 0.25) is 5.91 Å². The average Bonchev–Trinajstić information content (AvgIpc) is 2.82. The minimum Gasteiger partial charge on any atom is -0.497 e. The molecule has 0 saturated carbocycles. The molecule has 1 aromatic heterocycles. The second-order valence-electron chi connectivity index (χ2n) is 7.56. The van der Waals surface area contributed by atoms with E-state index in [-0.39, 0.29) is 11.8 Å². The van der Waals surface area contributed by atoms with E-state index in [1.54, 1.807) is 31.3 Å². The molecule has 6 nitrogen and oxygen atoms in total. The number of pyridine rings is 1. The highest BCUT2D eigenvalue weighted by Crippen LogP contribution is 2.42. The Morgan fingerprint density at radius 2 is 1.81 bits per heavy atom. The number of aromatic nitrogens is 1. The molecule has 31 heavy (non-hydrogen) atoms. The van der Waals surface area contributed by atoms with Crippen molar-refractivity contribution in [1.29, 1.82) is 0 Å². The maximum atomic E-state index is 13.4. The number of ether oxygens (including phenoxy) is 1. The van der Waals surface area contributed by atoms with E-state index >= 15 is 0 Å². The summed E-state index contributed by atoms with van der Waals surface area (Å²) in [7, 11) is 3.36. The van der Waals surface area contributed by atoms with Crippen molar-refractivity contribution in [3.8, 4) is 5.75 Å². The molecule has 3 aromatic rings. The second-order valence-corrected chi connectivity index (χ2v) is 7.56. The lowest BCUT2D eigenvalue weighted by molar-refractivity contribution is -0.124. The number of carbonyl (C=O) groups excluding carboxylic acids is 2. The quantitative estimate of drug-likeness (QED) is 0.670. The summed E-state index contributed by atoms with van der Waals surface area (Å²) < 4.78 is 5.26. The van der Waals surface area contributed by atoms with E-state index in [9.17, 15) is 9.59 Å². The monoisotopic (exact) mass is 415 g/mol. The molecule has 6 heteroatoms. The molecule has 158 valence electrons. The molecule has 2 aromatic carbocycles. The summed E-state index contributed by atoms with van der Waals surface area (Å²) in [6.07, 6.45) is 2.39. The Kier molecular flexibility index (Phi) is 5.98. The molecule has 2 atom stereocenters. The fourth-order valence-electron chi connectivity index (χ4n) is 4.14. The van der Waals surface area contributed by atoms with Crippen molar-refractivity contribution in [2.45, 2.75) is 18.4 Å². The zero-order valence-electron chi connectivity index (χ0n) is 17.6. The molecule has 0 fully saturated rings. The molecule has 1 N–H and O–H groups in total. The van der Waals surface area contributed by atoms with Gasteiger partial charge in [-0.25, -0.2) is 0 Å². The Balaban J connectivity index is 1.64. The van der Waals surface area contributed by atoms with Crippen LogP contribution in [0.1, 0.15) is 39.1 Å². The number of carbonyl (C=O) groups is 2. The zero-order chi connectivity index (χ0) is 21.8. The highest BCUT2D eigenvalue weighted by atomic mass is 16.5. The SMILES string of the molecule is COc1ccc(C2C(C(=O)NCCc3ccccn3)c3ccccc3C(=O)N2C)cc1. The average molecular weight is 415 g/mol. The van der Waals surface area contributed by atoms with Gasteiger partial charge in [-0.2, -0.15) is 0 Å². The number of likely N-dealkylation sites (N-methyl/N-ethyl adjacent to an activating group) is 1. The molecule has 0 bridgehead atoms. The van der Waals surface area contributed by atoms with Crippen molar-refractivity contribution in [1.82, 2.24) is 15.2 Å². The highest BCUT2D eigenvalue weighted by molar-refractivity contribution is 6.01. The van der Waals surface area contributed by atoms with Crippen molar-refractivity contribution in [2.75, 3.05) is 20.7 Å². The minimum atomic E-state index is -0.518. The van der Waals surface area contributed by atoms with Crippen LogP contribution in [0.2, 0.25) is 0 Å². The number of nitrogens with zero attached hydrogens (tertiary/aromatic N) is 2. The van der Waals surface area contributed by atoms with Crippen LogP contribution in [0.25, 0.3) is 0 Å². The Bertz CT molecular complexity index is 1070. The first-order valence-electron chi connectivity index (χ1n) is 10.3. The standard InChI is InChI=1S/C25H25N3O3/c1-28-23(17-10-12-19(31-2)13-11-17)22(20-8-3-4-9-21(20)25(28)30)24(29)27-16-14-18-7-5-6-15-26-18/h3-13,15,22-23H,14,16H2,1-2H3,(H,27,29). The van der Waals surface area contributed by atoms with Crippen LogP contribution in [0.15, 0.2) is 72.9 Å². The summed E-state index contributed by atoms with van der Waals surface area (Å²) in [5.74, 6) is 0.0128. The van der Waals surface area contributed by atoms with Crippen molar-refractivity contribution in [2.24, 2.45) is 0 Å². The van der Waals surface area contributed by atoms with E-state index in [4.69, 9.17) is 4.74 Å². The molecule has 2 amide bonds. The lowest BCUT2D eigenvalue weighted by Gasteiger charge is -2.39. The molecule has 0 aliphatic carbocycles. The molecule has 1 aliphatic heterocycles. The second kappa shape index (κ2) is 9.00. The van der Waals surface area contributed by atoms with Crippen LogP contribution in [0, 0.1) is 0 Å². The predicted molar refractivity (Wildman–Crippen MR) is 118 cm³/mol. The molecule has 1 aliphatic rings. The van der Waals surface area contributed by atoms with Gasteiger partial charge < -0.3 is 15.0 Å². The van der Waals surface area contributed by atoms with Gasteiger partial charge in [0.05, 0.1) is 19.1 Å². The first kappa shape index (κ1) is 20.6. The maximum absolute atomic E-state index is 13.4.